The molecule has 1 fully saturated rings. The van der Waals surface area contributed by atoms with Gasteiger partial charge in [0.15, 0.2) is 0 Å². The van der Waals surface area contributed by atoms with Crippen LogP contribution in [0.4, 0.5) is 0 Å². The number of hydrogen-bond donors (Lipinski definition) is 1. The molecule has 0 spiro atoms. The van der Waals surface area contributed by atoms with Gasteiger partial charge in [-0.25, -0.2) is 0 Å². The van der Waals surface area contributed by atoms with E-state index < -0.39 is 0 Å². The molecule has 1 aromatic carbocycles. The van der Waals surface area contributed by atoms with Crippen LogP contribution in [-0.2, 0) is 6.54 Å². The molecule has 0 aliphatic carbocycles. The summed E-state index contributed by atoms with van der Waals surface area (Å²) in [5.74, 6) is 0.980. The molecule has 0 radical (unpaired) electrons. The second-order valence-electron chi connectivity index (χ2n) is 5.29. The van der Waals surface area contributed by atoms with Gasteiger partial charge in [-0.05, 0) is 31.0 Å². The fourth-order valence-electron chi connectivity index (χ4n) is 2.50. The lowest BCUT2D eigenvalue weighted by Gasteiger charge is -2.23. The van der Waals surface area contributed by atoms with E-state index in [0.29, 0.717) is 5.41 Å². The summed E-state index contributed by atoms with van der Waals surface area (Å²) < 4.78 is 5.38. The Hall–Kier alpha value is -1.06. The minimum absolute atomic E-state index is 0.294. The van der Waals surface area contributed by atoms with Gasteiger partial charge in [-0.1, -0.05) is 25.1 Å². The van der Waals surface area contributed by atoms with Crippen molar-refractivity contribution in [3.63, 3.8) is 0 Å². The highest BCUT2D eigenvalue weighted by molar-refractivity contribution is 5.33. The SMILES string of the molecule is COc1ccccc1CN1CCC(C)(CN)C1. The predicted octanol–water partition coefficient (Wildman–Crippen LogP) is 1.87. The number of rotatable bonds is 4. The van der Waals surface area contributed by atoms with Crippen LogP contribution in [0.25, 0.3) is 0 Å². The number of nitrogens with zero attached hydrogens (tertiary/aromatic N) is 1. The smallest absolute Gasteiger partial charge is 0.123 e. The van der Waals surface area contributed by atoms with Crippen LogP contribution in [0.2, 0.25) is 0 Å². The Morgan fingerprint density at radius 1 is 1.41 bits per heavy atom. The zero-order valence-corrected chi connectivity index (χ0v) is 10.8. The van der Waals surface area contributed by atoms with Gasteiger partial charge in [0.25, 0.3) is 0 Å². The molecular weight excluding hydrogens is 212 g/mol. The molecule has 1 atom stereocenters. The Morgan fingerprint density at radius 2 is 2.18 bits per heavy atom. The van der Waals surface area contributed by atoms with Crippen molar-refractivity contribution in [1.29, 1.82) is 0 Å². The van der Waals surface area contributed by atoms with Crippen LogP contribution in [0, 0.1) is 5.41 Å². The van der Waals surface area contributed by atoms with Gasteiger partial charge < -0.3 is 10.5 Å². The van der Waals surface area contributed by atoms with Gasteiger partial charge in [0, 0.05) is 18.7 Å². The van der Waals surface area contributed by atoms with Gasteiger partial charge in [-0.15, -0.1) is 0 Å². The lowest BCUT2D eigenvalue weighted by molar-refractivity contribution is 0.270. The molecule has 1 aromatic rings. The Labute approximate surface area is 104 Å². The minimum Gasteiger partial charge on any atom is -0.496 e. The van der Waals surface area contributed by atoms with Crippen LogP contribution in [0.1, 0.15) is 18.9 Å². The quantitative estimate of drug-likeness (QED) is 0.864. The summed E-state index contributed by atoms with van der Waals surface area (Å²) in [6.45, 7) is 6.22. The zero-order valence-electron chi connectivity index (χ0n) is 10.8. The summed E-state index contributed by atoms with van der Waals surface area (Å²) in [6, 6.07) is 8.23. The van der Waals surface area contributed by atoms with Crippen LogP contribution in [0.5, 0.6) is 5.75 Å². The first-order valence-corrected chi connectivity index (χ1v) is 6.21. The molecule has 1 heterocycles. The lowest BCUT2D eigenvalue weighted by atomic mass is 9.90. The topological polar surface area (TPSA) is 38.5 Å². The molecule has 0 bridgehead atoms. The summed E-state index contributed by atoms with van der Waals surface area (Å²) in [5.41, 5.74) is 7.38. The largest absolute Gasteiger partial charge is 0.496 e. The number of para-hydroxylation sites is 1. The van der Waals surface area contributed by atoms with Gasteiger partial charge >= 0.3 is 0 Å². The molecule has 3 heteroatoms. The summed E-state index contributed by atoms with van der Waals surface area (Å²) in [4.78, 5) is 2.46. The van der Waals surface area contributed by atoms with Crippen LogP contribution < -0.4 is 10.5 Å². The third-order valence-corrected chi connectivity index (χ3v) is 3.72. The van der Waals surface area contributed by atoms with E-state index in [0.717, 1.165) is 31.9 Å². The molecule has 2 rings (SSSR count). The Balaban J connectivity index is 2.03. The normalized spacial score (nSPS) is 25.1. The van der Waals surface area contributed by atoms with E-state index in [-0.39, 0.29) is 0 Å². The van der Waals surface area contributed by atoms with Gasteiger partial charge in [-0.3, -0.25) is 4.90 Å². The Morgan fingerprint density at radius 3 is 2.82 bits per heavy atom. The molecule has 0 amide bonds. The number of likely N-dealkylation sites (tertiary alicyclic amines) is 1. The van der Waals surface area contributed by atoms with E-state index >= 15 is 0 Å². The molecular formula is C14H22N2O. The van der Waals surface area contributed by atoms with E-state index in [9.17, 15) is 0 Å². The van der Waals surface area contributed by atoms with Gasteiger partial charge in [0.2, 0.25) is 0 Å². The Kier molecular flexibility index (Phi) is 3.69. The van der Waals surface area contributed by atoms with E-state index in [2.05, 4.69) is 24.0 Å². The average Bonchev–Trinajstić information content (AvgIpc) is 2.73. The number of benzene rings is 1. The van der Waals surface area contributed by atoms with Crippen LogP contribution in [-0.4, -0.2) is 31.6 Å². The van der Waals surface area contributed by atoms with Crippen molar-refractivity contribution in [2.24, 2.45) is 11.1 Å². The second-order valence-corrected chi connectivity index (χ2v) is 5.29. The van der Waals surface area contributed by atoms with E-state index in [1.54, 1.807) is 7.11 Å². The molecule has 1 aliphatic heterocycles. The maximum Gasteiger partial charge on any atom is 0.123 e. The summed E-state index contributed by atoms with van der Waals surface area (Å²) in [6.07, 6.45) is 1.19. The fourth-order valence-corrected chi connectivity index (χ4v) is 2.50. The standard InChI is InChI=1S/C14H22N2O/c1-14(10-15)7-8-16(11-14)9-12-5-3-4-6-13(12)17-2/h3-6H,7-11,15H2,1-2H3. The molecule has 1 aliphatic rings. The monoisotopic (exact) mass is 234 g/mol. The van der Waals surface area contributed by atoms with Gasteiger partial charge in [0.1, 0.15) is 5.75 Å². The highest BCUT2D eigenvalue weighted by Crippen LogP contribution is 2.30. The van der Waals surface area contributed by atoms with Crippen LogP contribution in [0.3, 0.4) is 0 Å². The predicted molar refractivity (Wildman–Crippen MR) is 70.0 cm³/mol. The van der Waals surface area contributed by atoms with E-state index in [1.807, 2.05) is 12.1 Å². The highest BCUT2D eigenvalue weighted by Gasteiger charge is 2.32. The number of hydrogen-bond acceptors (Lipinski definition) is 3. The van der Waals surface area contributed by atoms with Crippen molar-refractivity contribution in [3.05, 3.63) is 29.8 Å². The van der Waals surface area contributed by atoms with Gasteiger partial charge in [0.05, 0.1) is 7.11 Å². The van der Waals surface area contributed by atoms with E-state index in [1.165, 1.54) is 12.0 Å². The maximum absolute atomic E-state index is 5.83. The van der Waals surface area contributed by atoms with Crippen molar-refractivity contribution < 1.29 is 4.74 Å². The highest BCUT2D eigenvalue weighted by atomic mass is 16.5. The lowest BCUT2D eigenvalue weighted by Crippen LogP contribution is -2.31. The summed E-state index contributed by atoms with van der Waals surface area (Å²) in [5, 5.41) is 0. The van der Waals surface area contributed by atoms with Gasteiger partial charge in [-0.2, -0.15) is 0 Å². The van der Waals surface area contributed by atoms with Crippen molar-refractivity contribution in [2.75, 3.05) is 26.7 Å². The molecule has 3 nitrogen and oxygen atoms in total. The van der Waals surface area contributed by atoms with Crippen molar-refractivity contribution in [2.45, 2.75) is 19.9 Å². The first kappa shape index (κ1) is 12.4. The Bertz CT molecular complexity index is 380. The number of ether oxygens (including phenoxy) is 1. The van der Waals surface area contributed by atoms with Crippen LogP contribution >= 0.6 is 0 Å². The van der Waals surface area contributed by atoms with Crippen LogP contribution in [0.15, 0.2) is 24.3 Å². The number of methoxy groups -OCH3 is 1. The first-order chi connectivity index (χ1) is 8.17. The second kappa shape index (κ2) is 5.07. The van der Waals surface area contributed by atoms with Crippen molar-refractivity contribution in [1.82, 2.24) is 4.90 Å². The third-order valence-electron chi connectivity index (χ3n) is 3.72. The molecule has 0 saturated carbocycles. The minimum atomic E-state index is 0.294. The number of nitrogens with two attached hydrogens (primary N) is 1. The first-order valence-electron chi connectivity index (χ1n) is 6.21. The molecule has 2 N–H and O–H groups in total. The van der Waals surface area contributed by atoms with Crippen molar-refractivity contribution >= 4 is 0 Å². The average molecular weight is 234 g/mol. The van der Waals surface area contributed by atoms with E-state index in [4.69, 9.17) is 10.5 Å². The fraction of sp³-hybridized carbons (Fsp3) is 0.571. The summed E-state index contributed by atoms with van der Waals surface area (Å²) in [7, 11) is 1.73. The maximum atomic E-state index is 5.83. The van der Waals surface area contributed by atoms with Crippen molar-refractivity contribution in [3.8, 4) is 5.75 Å². The molecule has 1 unspecified atom stereocenters. The molecule has 0 aromatic heterocycles. The third kappa shape index (κ3) is 2.79. The molecule has 1 saturated heterocycles. The molecule has 94 valence electrons. The molecule has 17 heavy (non-hydrogen) atoms. The zero-order chi connectivity index (χ0) is 12.3. The summed E-state index contributed by atoms with van der Waals surface area (Å²) >= 11 is 0.